The number of hydrogen-bond donors (Lipinski definition) is 1. The molecular weight excluding hydrogens is 242 g/mol. The summed E-state index contributed by atoms with van der Waals surface area (Å²) in [6.07, 6.45) is 0.739. The SMILES string of the molecule is CCc1nnc(COc2ccc(C)cc2CNC)o1. The van der Waals surface area contributed by atoms with E-state index >= 15 is 0 Å². The van der Waals surface area contributed by atoms with Crippen molar-refractivity contribution in [3.05, 3.63) is 41.1 Å². The lowest BCUT2D eigenvalue weighted by molar-refractivity contribution is 0.256. The van der Waals surface area contributed by atoms with Crippen molar-refractivity contribution in [1.82, 2.24) is 15.5 Å². The molecule has 0 unspecified atom stereocenters. The van der Waals surface area contributed by atoms with Gasteiger partial charge in [-0.3, -0.25) is 0 Å². The molecule has 1 N–H and O–H groups in total. The van der Waals surface area contributed by atoms with Crippen LogP contribution in [0.2, 0.25) is 0 Å². The molecule has 0 radical (unpaired) electrons. The van der Waals surface area contributed by atoms with Gasteiger partial charge >= 0.3 is 0 Å². The quantitative estimate of drug-likeness (QED) is 0.864. The van der Waals surface area contributed by atoms with Gasteiger partial charge in [0.15, 0.2) is 6.61 Å². The topological polar surface area (TPSA) is 60.2 Å². The Hall–Kier alpha value is -1.88. The molecule has 19 heavy (non-hydrogen) atoms. The van der Waals surface area contributed by atoms with Crippen LogP contribution in [0.3, 0.4) is 0 Å². The van der Waals surface area contributed by atoms with Crippen LogP contribution >= 0.6 is 0 Å². The van der Waals surface area contributed by atoms with Gasteiger partial charge in [0.05, 0.1) is 0 Å². The molecule has 0 saturated heterocycles. The predicted molar refractivity (Wildman–Crippen MR) is 72.0 cm³/mol. The van der Waals surface area contributed by atoms with Crippen molar-refractivity contribution >= 4 is 0 Å². The molecule has 0 spiro atoms. The van der Waals surface area contributed by atoms with Crippen molar-refractivity contribution in [3.8, 4) is 5.75 Å². The first-order valence-electron chi connectivity index (χ1n) is 6.41. The zero-order valence-electron chi connectivity index (χ0n) is 11.6. The lowest BCUT2D eigenvalue weighted by Gasteiger charge is -2.10. The summed E-state index contributed by atoms with van der Waals surface area (Å²) >= 11 is 0. The van der Waals surface area contributed by atoms with Crippen LogP contribution in [0.4, 0.5) is 0 Å². The molecule has 0 aliphatic rings. The summed E-state index contributed by atoms with van der Waals surface area (Å²) in [6, 6.07) is 6.11. The number of aromatic nitrogens is 2. The fourth-order valence-electron chi connectivity index (χ4n) is 1.81. The normalized spacial score (nSPS) is 10.7. The molecule has 2 rings (SSSR count). The second kappa shape index (κ2) is 6.33. The number of hydrogen-bond acceptors (Lipinski definition) is 5. The highest BCUT2D eigenvalue weighted by Crippen LogP contribution is 2.21. The fraction of sp³-hybridized carbons (Fsp3) is 0.429. The van der Waals surface area contributed by atoms with Gasteiger partial charge in [-0.15, -0.1) is 10.2 Å². The Morgan fingerprint density at radius 2 is 2.05 bits per heavy atom. The van der Waals surface area contributed by atoms with Crippen molar-refractivity contribution in [3.63, 3.8) is 0 Å². The van der Waals surface area contributed by atoms with E-state index in [4.69, 9.17) is 9.15 Å². The second-order valence-corrected chi connectivity index (χ2v) is 4.37. The Morgan fingerprint density at radius 3 is 2.74 bits per heavy atom. The van der Waals surface area contributed by atoms with E-state index in [1.807, 2.05) is 26.1 Å². The minimum Gasteiger partial charge on any atom is -0.483 e. The number of aryl methyl sites for hydroxylation is 2. The maximum absolute atomic E-state index is 5.75. The molecule has 0 fully saturated rings. The number of rotatable bonds is 6. The molecule has 1 aromatic heterocycles. The van der Waals surface area contributed by atoms with E-state index in [1.165, 1.54) is 5.56 Å². The van der Waals surface area contributed by atoms with Crippen LogP contribution < -0.4 is 10.1 Å². The van der Waals surface area contributed by atoms with Gasteiger partial charge in [0.2, 0.25) is 5.89 Å². The van der Waals surface area contributed by atoms with E-state index in [-0.39, 0.29) is 0 Å². The van der Waals surface area contributed by atoms with Gasteiger partial charge in [-0.05, 0) is 20.0 Å². The lowest BCUT2D eigenvalue weighted by atomic mass is 10.1. The molecule has 2 aromatic rings. The summed E-state index contributed by atoms with van der Waals surface area (Å²) in [4.78, 5) is 0. The zero-order valence-corrected chi connectivity index (χ0v) is 11.6. The van der Waals surface area contributed by atoms with Gasteiger partial charge in [0.1, 0.15) is 5.75 Å². The molecule has 0 amide bonds. The summed E-state index contributed by atoms with van der Waals surface area (Å²) in [5, 5.41) is 11.0. The maximum atomic E-state index is 5.75. The monoisotopic (exact) mass is 261 g/mol. The Labute approximate surface area is 113 Å². The number of benzene rings is 1. The highest BCUT2D eigenvalue weighted by Gasteiger charge is 2.08. The maximum Gasteiger partial charge on any atom is 0.253 e. The molecule has 5 heteroatoms. The standard InChI is InChI=1S/C14H19N3O2/c1-4-13-16-17-14(19-13)9-18-12-6-5-10(2)7-11(12)8-15-3/h5-7,15H,4,8-9H2,1-3H3. The minimum absolute atomic E-state index is 0.298. The van der Waals surface area contributed by atoms with E-state index < -0.39 is 0 Å². The van der Waals surface area contributed by atoms with Crippen LogP contribution in [0.5, 0.6) is 5.75 Å². The van der Waals surface area contributed by atoms with Crippen molar-refractivity contribution in [2.75, 3.05) is 7.05 Å². The largest absolute Gasteiger partial charge is 0.483 e. The van der Waals surface area contributed by atoms with Crippen LogP contribution in [-0.4, -0.2) is 17.2 Å². The highest BCUT2D eigenvalue weighted by atomic mass is 16.5. The molecule has 0 aliphatic heterocycles. The Kier molecular flexibility index (Phi) is 4.52. The van der Waals surface area contributed by atoms with Crippen LogP contribution in [0.1, 0.15) is 29.8 Å². The van der Waals surface area contributed by atoms with E-state index in [0.29, 0.717) is 18.4 Å². The molecule has 0 atom stereocenters. The number of nitrogens with one attached hydrogen (secondary N) is 1. The van der Waals surface area contributed by atoms with Crippen molar-refractivity contribution < 1.29 is 9.15 Å². The smallest absolute Gasteiger partial charge is 0.253 e. The lowest BCUT2D eigenvalue weighted by Crippen LogP contribution is -2.08. The average molecular weight is 261 g/mol. The molecule has 0 aliphatic carbocycles. The second-order valence-electron chi connectivity index (χ2n) is 4.37. The zero-order chi connectivity index (χ0) is 13.7. The molecule has 102 valence electrons. The van der Waals surface area contributed by atoms with E-state index in [9.17, 15) is 0 Å². The number of nitrogens with zero attached hydrogens (tertiary/aromatic N) is 2. The summed E-state index contributed by atoms with van der Waals surface area (Å²) in [7, 11) is 1.91. The number of ether oxygens (including phenoxy) is 1. The third kappa shape index (κ3) is 3.54. The Morgan fingerprint density at radius 1 is 1.26 bits per heavy atom. The van der Waals surface area contributed by atoms with Crippen molar-refractivity contribution in [2.24, 2.45) is 0 Å². The van der Waals surface area contributed by atoms with Crippen LogP contribution in [0, 0.1) is 6.92 Å². The fourth-order valence-corrected chi connectivity index (χ4v) is 1.81. The van der Waals surface area contributed by atoms with Crippen LogP contribution in [0.25, 0.3) is 0 Å². The van der Waals surface area contributed by atoms with Gasteiger partial charge in [-0.25, -0.2) is 0 Å². The van der Waals surface area contributed by atoms with E-state index in [2.05, 4.69) is 28.5 Å². The average Bonchev–Trinajstić information content (AvgIpc) is 2.86. The van der Waals surface area contributed by atoms with Gasteiger partial charge in [0.25, 0.3) is 5.89 Å². The van der Waals surface area contributed by atoms with Gasteiger partial charge in [-0.2, -0.15) is 0 Å². The Bertz CT molecular complexity index is 537. The van der Waals surface area contributed by atoms with Gasteiger partial charge in [0, 0.05) is 18.5 Å². The minimum atomic E-state index is 0.298. The summed E-state index contributed by atoms with van der Waals surface area (Å²) < 4.78 is 11.2. The molecule has 1 aromatic carbocycles. The van der Waals surface area contributed by atoms with E-state index in [0.717, 1.165) is 24.3 Å². The van der Waals surface area contributed by atoms with Gasteiger partial charge in [-0.1, -0.05) is 24.6 Å². The molecule has 1 heterocycles. The van der Waals surface area contributed by atoms with Crippen molar-refractivity contribution in [2.45, 2.75) is 33.4 Å². The first kappa shape index (κ1) is 13.5. The molecular formula is C14H19N3O2. The van der Waals surface area contributed by atoms with Crippen LogP contribution in [-0.2, 0) is 19.6 Å². The third-order valence-electron chi connectivity index (χ3n) is 2.75. The third-order valence-corrected chi connectivity index (χ3v) is 2.75. The van der Waals surface area contributed by atoms with Gasteiger partial charge < -0.3 is 14.5 Å². The highest BCUT2D eigenvalue weighted by molar-refractivity contribution is 5.36. The van der Waals surface area contributed by atoms with E-state index in [1.54, 1.807) is 0 Å². The van der Waals surface area contributed by atoms with Crippen LogP contribution in [0.15, 0.2) is 22.6 Å². The molecule has 5 nitrogen and oxygen atoms in total. The Balaban J connectivity index is 2.05. The summed E-state index contributed by atoms with van der Waals surface area (Å²) in [5.41, 5.74) is 2.33. The first-order valence-corrected chi connectivity index (χ1v) is 6.41. The summed E-state index contributed by atoms with van der Waals surface area (Å²) in [5.74, 6) is 1.99. The molecule has 0 bridgehead atoms. The predicted octanol–water partition coefficient (Wildman–Crippen LogP) is 2.24. The first-order chi connectivity index (χ1) is 9.22. The summed E-state index contributed by atoms with van der Waals surface area (Å²) in [6.45, 7) is 5.10. The van der Waals surface area contributed by atoms with Crippen molar-refractivity contribution in [1.29, 1.82) is 0 Å². The molecule has 0 saturated carbocycles.